The van der Waals surface area contributed by atoms with Crippen molar-refractivity contribution in [3.8, 4) is 0 Å². The molecule has 1 amide bonds. The van der Waals surface area contributed by atoms with Crippen LogP contribution < -0.4 is 5.73 Å². The van der Waals surface area contributed by atoms with E-state index in [1.165, 1.54) is 11.8 Å². The maximum Gasteiger partial charge on any atom is 0.235 e. The number of nitrogens with zero attached hydrogens (tertiary/aromatic N) is 1. The van der Waals surface area contributed by atoms with Crippen LogP contribution in [0, 0.1) is 5.92 Å². The van der Waals surface area contributed by atoms with Crippen molar-refractivity contribution in [3.05, 3.63) is 0 Å². The number of hydrogen-bond acceptors (Lipinski definition) is 4. The normalized spacial score (nSPS) is 13.4. The minimum absolute atomic E-state index is 0.0531. The molecule has 0 aromatic heterocycles. The number of amides is 1. The predicted molar refractivity (Wildman–Crippen MR) is 73.1 cm³/mol. The monoisotopic (exact) mass is 260 g/mol. The molecule has 5 heteroatoms. The van der Waals surface area contributed by atoms with E-state index in [2.05, 4.69) is 0 Å². The fourth-order valence-electron chi connectivity index (χ4n) is 1.20. The molecule has 0 saturated heterocycles. The van der Waals surface area contributed by atoms with Crippen molar-refractivity contribution in [1.82, 2.24) is 4.90 Å². The number of carbonyl (C=O) groups is 2. The molecular weight excluding hydrogens is 236 g/mol. The van der Waals surface area contributed by atoms with Gasteiger partial charge in [0.25, 0.3) is 0 Å². The van der Waals surface area contributed by atoms with Crippen LogP contribution in [0.3, 0.4) is 0 Å². The number of Topliss-reactive ketones (excluding diaryl/α,β-unsaturated/α-hetero) is 1. The van der Waals surface area contributed by atoms with Crippen LogP contribution >= 0.6 is 11.8 Å². The molecule has 0 aromatic carbocycles. The molecule has 100 valence electrons. The summed E-state index contributed by atoms with van der Waals surface area (Å²) in [5.41, 5.74) is 5.37. The molecule has 1 unspecified atom stereocenters. The lowest BCUT2D eigenvalue weighted by molar-refractivity contribution is -0.122. The van der Waals surface area contributed by atoms with E-state index >= 15 is 0 Å². The molecule has 0 rings (SSSR count). The molecule has 4 nitrogen and oxygen atoms in total. The zero-order valence-electron chi connectivity index (χ0n) is 11.4. The Labute approximate surface area is 108 Å². The largest absolute Gasteiger partial charge is 0.368 e. The van der Waals surface area contributed by atoms with E-state index in [0.29, 0.717) is 11.5 Å². The van der Waals surface area contributed by atoms with Crippen molar-refractivity contribution in [1.29, 1.82) is 0 Å². The Morgan fingerprint density at radius 3 is 2.12 bits per heavy atom. The molecule has 0 fully saturated rings. The molecular formula is C12H24N2O2S. The van der Waals surface area contributed by atoms with Gasteiger partial charge in [0.05, 0.1) is 11.8 Å². The van der Waals surface area contributed by atoms with Crippen molar-refractivity contribution in [2.45, 2.75) is 39.8 Å². The van der Waals surface area contributed by atoms with Gasteiger partial charge in [-0.25, -0.2) is 0 Å². The van der Waals surface area contributed by atoms with Gasteiger partial charge < -0.3 is 5.73 Å². The van der Waals surface area contributed by atoms with Crippen LogP contribution in [0.15, 0.2) is 0 Å². The van der Waals surface area contributed by atoms with Gasteiger partial charge in [0, 0.05) is 17.7 Å². The topological polar surface area (TPSA) is 63.4 Å². The van der Waals surface area contributed by atoms with Crippen molar-refractivity contribution < 1.29 is 9.59 Å². The third-order valence-corrected chi connectivity index (χ3v) is 3.84. The standard InChI is InChI=1S/C12H24N2O2S/c1-8(2)11(15)7-17-6-10(12(13)16)14(5)9(3)4/h8-10H,6-7H2,1-5H3,(H2,13,16). The van der Waals surface area contributed by atoms with Crippen molar-refractivity contribution >= 4 is 23.5 Å². The molecule has 0 saturated carbocycles. The number of rotatable bonds is 8. The summed E-state index contributed by atoms with van der Waals surface area (Å²) in [4.78, 5) is 24.7. The second kappa shape index (κ2) is 7.71. The van der Waals surface area contributed by atoms with Crippen LogP contribution in [0.5, 0.6) is 0 Å². The van der Waals surface area contributed by atoms with E-state index < -0.39 is 0 Å². The fourth-order valence-corrected chi connectivity index (χ4v) is 2.47. The Morgan fingerprint density at radius 2 is 1.76 bits per heavy atom. The summed E-state index contributed by atoms with van der Waals surface area (Å²) in [6.45, 7) is 7.79. The summed E-state index contributed by atoms with van der Waals surface area (Å²) in [7, 11) is 1.88. The number of hydrogen-bond donors (Lipinski definition) is 1. The Morgan fingerprint density at radius 1 is 1.24 bits per heavy atom. The van der Waals surface area contributed by atoms with Crippen molar-refractivity contribution in [2.75, 3.05) is 18.6 Å². The second-order valence-electron chi connectivity index (χ2n) is 4.81. The van der Waals surface area contributed by atoms with Gasteiger partial charge >= 0.3 is 0 Å². The van der Waals surface area contributed by atoms with E-state index in [-0.39, 0.29) is 29.7 Å². The molecule has 0 aliphatic heterocycles. The zero-order valence-corrected chi connectivity index (χ0v) is 12.2. The lowest BCUT2D eigenvalue weighted by Crippen LogP contribution is -2.47. The van der Waals surface area contributed by atoms with Gasteiger partial charge in [-0.1, -0.05) is 13.8 Å². The highest BCUT2D eigenvalue weighted by Gasteiger charge is 2.23. The molecule has 0 aromatic rings. The third-order valence-electron chi connectivity index (χ3n) is 2.80. The Bertz CT molecular complexity index is 267. The minimum atomic E-state index is -0.328. The van der Waals surface area contributed by atoms with E-state index in [1.54, 1.807) is 0 Å². The van der Waals surface area contributed by atoms with Gasteiger partial charge in [-0.3, -0.25) is 14.5 Å². The average Bonchev–Trinajstić information content (AvgIpc) is 2.22. The van der Waals surface area contributed by atoms with Gasteiger partial charge in [-0.15, -0.1) is 0 Å². The Hall–Kier alpha value is -0.550. The highest BCUT2D eigenvalue weighted by Crippen LogP contribution is 2.12. The van der Waals surface area contributed by atoms with Gasteiger partial charge in [-0.2, -0.15) is 11.8 Å². The molecule has 17 heavy (non-hydrogen) atoms. The average molecular weight is 260 g/mol. The molecule has 0 aliphatic rings. The number of nitrogens with two attached hydrogens (primary N) is 1. The Kier molecular flexibility index (Phi) is 7.46. The van der Waals surface area contributed by atoms with Gasteiger partial charge in [0.15, 0.2) is 0 Å². The first-order valence-electron chi connectivity index (χ1n) is 5.89. The lowest BCUT2D eigenvalue weighted by Gasteiger charge is -2.28. The van der Waals surface area contributed by atoms with E-state index in [9.17, 15) is 9.59 Å². The minimum Gasteiger partial charge on any atom is -0.368 e. The molecule has 0 spiro atoms. The number of primary amides is 1. The summed E-state index contributed by atoms with van der Waals surface area (Å²) in [5, 5.41) is 0. The summed E-state index contributed by atoms with van der Waals surface area (Å²) in [5.74, 6) is 0.962. The summed E-state index contributed by atoms with van der Waals surface area (Å²) < 4.78 is 0. The van der Waals surface area contributed by atoms with E-state index in [1.807, 2.05) is 39.6 Å². The zero-order chi connectivity index (χ0) is 13.6. The Balaban J connectivity index is 4.20. The molecule has 2 N–H and O–H groups in total. The molecule has 0 radical (unpaired) electrons. The predicted octanol–water partition coefficient (Wildman–Crippen LogP) is 1.14. The van der Waals surface area contributed by atoms with Crippen molar-refractivity contribution in [3.63, 3.8) is 0 Å². The van der Waals surface area contributed by atoms with Crippen LogP contribution in [-0.2, 0) is 9.59 Å². The number of thioether (sulfide) groups is 1. The quantitative estimate of drug-likeness (QED) is 0.711. The smallest absolute Gasteiger partial charge is 0.235 e. The summed E-state index contributed by atoms with van der Waals surface area (Å²) in [6, 6.07) is -0.0473. The van der Waals surface area contributed by atoms with Crippen LogP contribution in [0.1, 0.15) is 27.7 Å². The molecule has 1 atom stereocenters. The summed E-state index contributed by atoms with van der Waals surface area (Å²) in [6.07, 6.45) is 0. The molecule has 0 heterocycles. The highest BCUT2D eigenvalue weighted by molar-refractivity contribution is 8.00. The van der Waals surface area contributed by atoms with Gasteiger partial charge in [-0.05, 0) is 20.9 Å². The first-order valence-corrected chi connectivity index (χ1v) is 7.04. The fraction of sp³-hybridized carbons (Fsp3) is 0.833. The SMILES string of the molecule is CC(C)C(=O)CSCC(C(N)=O)N(C)C(C)C. The maximum absolute atomic E-state index is 11.4. The third kappa shape index (κ3) is 6.07. The van der Waals surface area contributed by atoms with Crippen LogP contribution in [-0.4, -0.2) is 47.2 Å². The van der Waals surface area contributed by atoms with Crippen LogP contribution in [0.4, 0.5) is 0 Å². The summed E-state index contributed by atoms with van der Waals surface area (Å²) >= 11 is 1.48. The van der Waals surface area contributed by atoms with Gasteiger partial charge in [0.1, 0.15) is 5.78 Å². The van der Waals surface area contributed by atoms with Crippen LogP contribution in [0.2, 0.25) is 0 Å². The first kappa shape index (κ1) is 16.4. The van der Waals surface area contributed by atoms with Gasteiger partial charge in [0.2, 0.25) is 5.91 Å². The number of ketones is 1. The number of likely N-dealkylation sites (N-methyl/N-ethyl adjacent to an activating group) is 1. The first-order chi connectivity index (χ1) is 7.77. The van der Waals surface area contributed by atoms with Crippen LogP contribution in [0.25, 0.3) is 0 Å². The molecule has 0 aliphatic carbocycles. The number of carbonyl (C=O) groups excluding carboxylic acids is 2. The second-order valence-corrected chi connectivity index (χ2v) is 5.84. The lowest BCUT2D eigenvalue weighted by atomic mass is 10.1. The van der Waals surface area contributed by atoms with Crippen molar-refractivity contribution in [2.24, 2.45) is 11.7 Å². The molecule has 0 bridgehead atoms. The highest BCUT2D eigenvalue weighted by atomic mass is 32.2. The van der Waals surface area contributed by atoms with E-state index in [0.717, 1.165) is 0 Å². The van der Waals surface area contributed by atoms with E-state index in [4.69, 9.17) is 5.73 Å². The maximum atomic E-state index is 11.4.